The van der Waals surface area contributed by atoms with Crippen molar-refractivity contribution < 1.29 is 4.79 Å². The zero-order chi connectivity index (χ0) is 22.0. The van der Waals surface area contributed by atoms with Crippen LogP contribution in [0.3, 0.4) is 0 Å². The number of hydrogen-bond donors (Lipinski definition) is 1. The normalized spacial score (nSPS) is 13.0. The number of aromatic amines is 1. The van der Waals surface area contributed by atoms with Crippen molar-refractivity contribution in [2.75, 3.05) is 0 Å². The molecule has 0 aliphatic carbocycles. The van der Waals surface area contributed by atoms with Crippen LogP contribution in [0.4, 0.5) is 0 Å². The maximum atomic E-state index is 12.6. The third-order valence-electron chi connectivity index (χ3n) is 4.78. The molecule has 6 heteroatoms. The van der Waals surface area contributed by atoms with Crippen molar-refractivity contribution in [1.82, 2.24) is 14.8 Å². The molecule has 0 spiro atoms. The summed E-state index contributed by atoms with van der Waals surface area (Å²) in [6.45, 7) is 5.57. The molecule has 31 heavy (non-hydrogen) atoms. The molecule has 0 unspecified atom stereocenters. The molecule has 1 N–H and O–H groups in total. The van der Waals surface area contributed by atoms with Crippen molar-refractivity contribution >= 4 is 29.3 Å². The van der Waals surface area contributed by atoms with Gasteiger partial charge in [0, 0.05) is 28.8 Å². The molecule has 5 nitrogen and oxygen atoms in total. The number of rotatable bonds is 4. The van der Waals surface area contributed by atoms with Crippen LogP contribution in [0.1, 0.15) is 26.3 Å². The maximum absolute atomic E-state index is 12.6. The first-order valence-corrected chi connectivity index (χ1v) is 10.8. The van der Waals surface area contributed by atoms with Gasteiger partial charge in [-0.2, -0.15) is 5.10 Å². The van der Waals surface area contributed by atoms with E-state index < -0.39 is 5.41 Å². The number of nitrogens with zero attached hydrogens (tertiary/aromatic N) is 2. The third-order valence-corrected chi connectivity index (χ3v) is 5.74. The summed E-state index contributed by atoms with van der Waals surface area (Å²) in [4.78, 5) is 27.7. The number of benzene rings is 2. The van der Waals surface area contributed by atoms with Gasteiger partial charge in [0.25, 0.3) is 5.56 Å². The minimum absolute atomic E-state index is 0.0292. The highest BCUT2D eigenvalue weighted by molar-refractivity contribution is 7.07. The lowest BCUT2D eigenvalue weighted by atomic mass is 9.91. The number of aromatic nitrogens is 3. The quantitative estimate of drug-likeness (QED) is 0.540. The van der Waals surface area contributed by atoms with E-state index in [1.165, 1.54) is 17.4 Å². The van der Waals surface area contributed by atoms with E-state index in [1.807, 2.05) is 98.4 Å². The average molecular weight is 430 g/mol. The van der Waals surface area contributed by atoms with Gasteiger partial charge < -0.3 is 4.98 Å². The second-order valence-corrected chi connectivity index (χ2v) is 9.35. The minimum atomic E-state index is -0.498. The van der Waals surface area contributed by atoms with E-state index in [-0.39, 0.29) is 11.3 Å². The number of para-hydroxylation sites is 1. The molecule has 0 aliphatic rings. The van der Waals surface area contributed by atoms with Crippen LogP contribution in [-0.4, -0.2) is 20.5 Å². The average Bonchev–Trinajstić information content (AvgIpc) is 3.32. The van der Waals surface area contributed by atoms with Crippen molar-refractivity contribution in [3.05, 3.63) is 92.0 Å². The van der Waals surface area contributed by atoms with Crippen molar-refractivity contribution in [2.45, 2.75) is 20.8 Å². The molecule has 2 aromatic heterocycles. The van der Waals surface area contributed by atoms with Crippen LogP contribution in [-0.2, 0) is 4.79 Å². The molecule has 4 rings (SSSR count). The van der Waals surface area contributed by atoms with Crippen LogP contribution < -0.4 is 14.8 Å². The molecule has 0 fully saturated rings. The van der Waals surface area contributed by atoms with E-state index >= 15 is 0 Å². The molecule has 4 aromatic rings. The first kappa shape index (κ1) is 20.8. The SMILES string of the molecule is CC(C)(C)C(=O)/C=c1\[nH]c(=O)/c(=C\c2cn(-c3ccccc3)nc2-c2ccccc2)s1. The van der Waals surface area contributed by atoms with Crippen LogP contribution in [0, 0.1) is 5.41 Å². The van der Waals surface area contributed by atoms with Gasteiger partial charge in [0.05, 0.1) is 20.6 Å². The van der Waals surface area contributed by atoms with Gasteiger partial charge in [-0.1, -0.05) is 69.3 Å². The van der Waals surface area contributed by atoms with E-state index in [0.717, 1.165) is 22.5 Å². The standard InChI is InChI=1S/C25H23N3O2S/c1-25(2,3)21(29)15-22-26-24(30)20(31-22)14-18-16-28(19-12-8-5-9-13-19)27-23(18)17-10-6-4-7-11-17/h4-16H,1-3H3,(H,26,30)/b20-14+,22-15+. The predicted octanol–water partition coefficient (Wildman–Crippen LogP) is 3.51. The lowest BCUT2D eigenvalue weighted by molar-refractivity contribution is -0.119. The summed E-state index contributed by atoms with van der Waals surface area (Å²) in [7, 11) is 0. The number of hydrogen-bond acceptors (Lipinski definition) is 4. The Bertz CT molecular complexity index is 1390. The molecule has 0 saturated carbocycles. The molecule has 0 saturated heterocycles. The van der Waals surface area contributed by atoms with Gasteiger partial charge in [-0.05, 0) is 18.2 Å². The number of nitrogens with one attached hydrogen (secondary N) is 1. The Kier molecular flexibility index (Phi) is 5.57. The first-order chi connectivity index (χ1) is 14.8. The molecule has 0 atom stereocenters. The fourth-order valence-electron chi connectivity index (χ4n) is 3.03. The van der Waals surface area contributed by atoms with Crippen molar-refractivity contribution in [2.24, 2.45) is 5.41 Å². The Labute approximate surface area is 184 Å². The smallest absolute Gasteiger partial charge is 0.266 e. The van der Waals surface area contributed by atoms with Gasteiger partial charge in [-0.3, -0.25) is 9.59 Å². The summed E-state index contributed by atoms with van der Waals surface area (Å²) in [5.41, 5.74) is 2.80. The molecule has 0 amide bonds. The van der Waals surface area contributed by atoms with Gasteiger partial charge in [0.15, 0.2) is 5.78 Å². The topological polar surface area (TPSA) is 67.8 Å². The van der Waals surface area contributed by atoms with Crippen LogP contribution in [0.25, 0.3) is 29.1 Å². The third kappa shape index (κ3) is 4.64. The van der Waals surface area contributed by atoms with Gasteiger partial charge in [-0.15, -0.1) is 11.3 Å². The molecule has 0 radical (unpaired) electrons. The Morgan fingerprint density at radius 2 is 1.68 bits per heavy atom. The second kappa shape index (κ2) is 8.32. The first-order valence-electron chi connectivity index (χ1n) is 9.99. The van der Waals surface area contributed by atoms with Crippen LogP contribution >= 0.6 is 11.3 Å². The lowest BCUT2D eigenvalue weighted by Crippen LogP contribution is -2.22. The monoisotopic (exact) mass is 429 g/mol. The summed E-state index contributed by atoms with van der Waals surface area (Å²) in [6, 6.07) is 19.7. The van der Waals surface area contributed by atoms with E-state index in [1.54, 1.807) is 0 Å². The van der Waals surface area contributed by atoms with Gasteiger partial charge >= 0.3 is 0 Å². The highest BCUT2D eigenvalue weighted by Crippen LogP contribution is 2.24. The van der Waals surface area contributed by atoms with E-state index in [2.05, 4.69) is 4.98 Å². The van der Waals surface area contributed by atoms with E-state index in [0.29, 0.717) is 9.20 Å². The van der Waals surface area contributed by atoms with Crippen molar-refractivity contribution in [3.8, 4) is 16.9 Å². The molecular weight excluding hydrogens is 406 g/mol. The summed E-state index contributed by atoms with van der Waals surface area (Å²) >= 11 is 1.27. The highest BCUT2D eigenvalue weighted by atomic mass is 32.1. The minimum Gasteiger partial charge on any atom is -0.313 e. The highest BCUT2D eigenvalue weighted by Gasteiger charge is 2.18. The Morgan fingerprint density at radius 1 is 1.03 bits per heavy atom. The Balaban J connectivity index is 1.86. The van der Waals surface area contributed by atoms with Gasteiger partial charge in [0.2, 0.25) is 0 Å². The van der Waals surface area contributed by atoms with Crippen LogP contribution in [0.5, 0.6) is 0 Å². The largest absolute Gasteiger partial charge is 0.313 e. The van der Waals surface area contributed by atoms with E-state index in [4.69, 9.17) is 5.10 Å². The Morgan fingerprint density at radius 3 is 2.32 bits per heavy atom. The lowest BCUT2D eigenvalue weighted by Gasteiger charge is -2.12. The van der Waals surface area contributed by atoms with Crippen molar-refractivity contribution in [3.63, 3.8) is 0 Å². The summed E-state index contributed by atoms with van der Waals surface area (Å²) in [5.74, 6) is -0.0292. The molecule has 2 aromatic carbocycles. The number of Topliss-reactive ketones (excluding diaryl/α,β-unsaturated/α-hetero) is 1. The zero-order valence-corrected chi connectivity index (χ0v) is 18.4. The maximum Gasteiger partial charge on any atom is 0.266 e. The number of ketones is 1. The number of H-pyrrole nitrogens is 1. The van der Waals surface area contributed by atoms with Gasteiger partial charge in [0.1, 0.15) is 0 Å². The Hall–Kier alpha value is -3.51. The molecule has 156 valence electrons. The predicted molar refractivity (Wildman–Crippen MR) is 126 cm³/mol. The molecule has 2 heterocycles. The summed E-state index contributed by atoms with van der Waals surface area (Å²) < 4.78 is 2.89. The fourth-order valence-corrected chi connectivity index (χ4v) is 3.90. The second-order valence-electron chi connectivity index (χ2n) is 8.27. The fraction of sp³-hybridized carbons (Fsp3) is 0.160. The zero-order valence-electron chi connectivity index (χ0n) is 17.6. The number of carbonyl (C=O) groups excluding carboxylic acids is 1. The molecular formula is C25H23N3O2S. The van der Waals surface area contributed by atoms with Crippen molar-refractivity contribution in [1.29, 1.82) is 0 Å². The van der Waals surface area contributed by atoms with E-state index in [9.17, 15) is 9.59 Å². The summed E-state index contributed by atoms with van der Waals surface area (Å²) in [5, 5.41) is 4.78. The number of carbonyl (C=O) groups is 1. The van der Waals surface area contributed by atoms with Crippen LogP contribution in [0.15, 0.2) is 71.7 Å². The molecule has 0 bridgehead atoms. The molecule has 0 aliphatic heterocycles. The number of thiazole rings is 1. The van der Waals surface area contributed by atoms with Gasteiger partial charge in [-0.25, -0.2) is 4.68 Å². The van der Waals surface area contributed by atoms with Crippen LogP contribution in [0.2, 0.25) is 0 Å². The summed E-state index contributed by atoms with van der Waals surface area (Å²) in [6.07, 6.45) is 5.26.